The Morgan fingerprint density at radius 1 is 1.40 bits per heavy atom. The summed E-state index contributed by atoms with van der Waals surface area (Å²) in [5.74, 6) is 2.58. The van der Waals surface area contributed by atoms with Crippen molar-refractivity contribution in [2.45, 2.75) is 26.2 Å². The summed E-state index contributed by atoms with van der Waals surface area (Å²) < 4.78 is 5.44. The van der Waals surface area contributed by atoms with Gasteiger partial charge in [-0.25, -0.2) is 0 Å². The van der Waals surface area contributed by atoms with Gasteiger partial charge >= 0.3 is 0 Å². The van der Waals surface area contributed by atoms with Crippen LogP contribution in [0.25, 0.3) is 0 Å². The first-order valence-corrected chi connectivity index (χ1v) is 7.77. The van der Waals surface area contributed by atoms with Crippen molar-refractivity contribution >= 4 is 5.69 Å². The Hall–Kier alpha value is -1.22. The summed E-state index contributed by atoms with van der Waals surface area (Å²) in [6, 6.07) is 8.25. The molecule has 1 aromatic rings. The molecule has 20 heavy (non-hydrogen) atoms. The summed E-state index contributed by atoms with van der Waals surface area (Å²) in [5, 5.41) is 3.52. The van der Waals surface area contributed by atoms with Crippen molar-refractivity contribution in [3.8, 4) is 5.75 Å². The van der Waals surface area contributed by atoms with Crippen LogP contribution in [0.3, 0.4) is 0 Å². The average Bonchev–Trinajstić information content (AvgIpc) is 2.53. The first-order valence-electron chi connectivity index (χ1n) is 7.77. The SMILES string of the molecule is COc1ccccc1N(C)CCC(C)C1CCCNC1. The number of nitrogens with zero attached hydrogens (tertiary/aromatic N) is 1. The molecule has 112 valence electrons. The highest BCUT2D eigenvalue weighted by molar-refractivity contribution is 5.57. The lowest BCUT2D eigenvalue weighted by Gasteiger charge is -2.30. The minimum Gasteiger partial charge on any atom is -0.495 e. The molecule has 0 aliphatic carbocycles. The van der Waals surface area contributed by atoms with E-state index in [1.54, 1.807) is 7.11 Å². The van der Waals surface area contributed by atoms with Crippen molar-refractivity contribution < 1.29 is 4.74 Å². The van der Waals surface area contributed by atoms with Crippen LogP contribution in [-0.2, 0) is 0 Å². The molecule has 0 saturated carbocycles. The Balaban J connectivity index is 1.86. The number of benzene rings is 1. The molecule has 1 saturated heterocycles. The van der Waals surface area contributed by atoms with Crippen LogP contribution in [0.1, 0.15) is 26.2 Å². The third-order valence-corrected chi connectivity index (χ3v) is 4.56. The molecule has 0 bridgehead atoms. The first-order chi connectivity index (χ1) is 9.72. The second kappa shape index (κ2) is 7.53. The number of anilines is 1. The summed E-state index contributed by atoms with van der Waals surface area (Å²) in [6.45, 7) is 5.87. The Morgan fingerprint density at radius 3 is 2.90 bits per heavy atom. The van der Waals surface area contributed by atoms with Gasteiger partial charge in [-0.05, 0) is 56.3 Å². The van der Waals surface area contributed by atoms with Crippen molar-refractivity contribution in [1.82, 2.24) is 5.32 Å². The van der Waals surface area contributed by atoms with E-state index in [1.165, 1.54) is 38.0 Å². The van der Waals surface area contributed by atoms with E-state index in [0.717, 1.165) is 24.1 Å². The van der Waals surface area contributed by atoms with Crippen LogP contribution in [0, 0.1) is 11.8 Å². The van der Waals surface area contributed by atoms with Crippen molar-refractivity contribution in [3.63, 3.8) is 0 Å². The summed E-state index contributed by atoms with van der Waals surface area (Å²) >= 11 is 0. The summed E-state index contributed by atoms with van der Waals surface area (Å²) in [7, 11) is 3.90. The maximum Gasteiger partial charge on any atom is 0.142 e. The predicted molar refractivity (Wildman–Crippen MR) is 85.6 cm³/mol. The number of nitrogens with one attached hydrogen (secondary N) is 1. The highest BCUT2D eigenvalue weighted by Crippen LogP contribution is 2.28. The minimum atomic E-state index is 0.778. The predicted octanol–water partition coefficient (Wildman–Crippen LogP) is 3.16. The van der Waals surface area contributed by atoms with Gasteiger partial charge in [-0.3, -0.25) is 0 Å². The molecule has 1 N–H and O–H groups in total. The standard InChI is InChI=1S/C17H28N2O/c1-14(15-7-6-11-18-13-15)10-12-19(2)16-8-4-5-9-17(16)20-3/h4-5,8-9,14-15,18H,6-7,10-13H2,1-3H3. The molecule has 0 aromatic heterocycles. The normalized spacial score (nSPS) is 20.4. The van der Waals surface area contributed by atoms with Crippen molar-refractivity contribution in [3.05, 3.63) is 24.3 Å². The lowest BCUT2D eigenvalue weighted by atomic mass is 9.85. The van der Waals surface area contributed by atoms with Crippen molar-refractivity contribution in [2.24, 2.45) is 11.8 Å². The van der Waals surface area contributed by atoms with E-state index < -0.39 is 0 Å². The third kappa shape index (κ3) is 3.89. The van der Waals surface area contributed by atoms with Gasteiger partial charge in [0.25, 0.3) is 0 Å². The van der Waals surface area contributed by atoms with Gasteiger partial charge < -0.3 is 15.0 Å². The average molecular weight is 276 g/mol. The zero-order chi connectivity index (χ0) is 14.4. The molecule has 1 fully saturated rings. The molecular formula is C17H28N2O. The molecule has 3 heteroatoms. The molecule has 3 nitrogen and oxygen atoms in total. The Labute approximate surface area is 123 Å². The smallest absolute Gasteiger partial charge is 0.142 e. The highest BCUT2D eigenvalue weighted by Gasteiger charge is 2.20. The van der Waals surface area contributed by atoms with Gasteiger partial charge in [0.05, 0.1) is 12.8 Å². The molecule has 2 unspecified atom stereocenters. The highest BCUT2D eigenvalue weighted by atomic mass is 16.5. The fraction of sp³-hybridized carbons (Fsp3) is 0.647. The van der Waals surface area contributed by atoms with Gasteiger partial charge in [-0.15, -0.1) is 0 Å². The van der Waals surface area contributed by atoms with Gasteiger partial charge in [0.1, 0.15) is 5.75 Å². The number of rotatable bonds is 6. The maximum absolute atomic E-state index is 5.44. The number of ether oxygens (including phenoxy) is 1. The van der Waals surface area contributed by atoms with Crippen LogP contribution >= 0.6 is 0 Å². The van der Waals surface area contributed by atoms with Crippen LogP contribution < -0.4 is 15.0 Å². The topological polar surface area (TPSA) is 24.5 Å². The first kappa shape index (κ1) is 15.2. The molecule has 1 aromatic carbocycles. The molecular weight excluding hydrogens is 248 g/mol. The number of methoxy groups -OCH3 is 1. The van der Waals surface area contributed by atoms with E-state index in [-0.39, 0.29) is 0 Å². The van der Waals surface area contributed by atoms with E-state index in [2.05, 4.69) is 36.3 Å². The van der Waals surface area contributed by atoms with E-state index in [4.69, 9.17) is 4.74 Å². The second-order valence-electron chi connectivity index (χ2n) is 5.97. The van der Waals surface area contributed by atoms with Gasteiger partial charge in [0.2, 0.25) is 0 Å². The van der Waals surface area contributed by atoms with Crippen LogP contribution in [-0.4, -0.2) is 33.8 Å². The number of hydrogen-bond donors (Lipinski definition) is 1. The molecule has 1 aliphatic rings. The maximum atomic E-state index is 5.44. The van der Waals surface area contributed by atoms with Crippen LogP contribution in [0.2, 0.25) is 0 Å². The number of para-hydroxylation sites is 2. The summed E-state index contributed by atoms with van der Waals surface area (Å²) in [4.78, 5) is 2.31. The van der Waals surface area contributed by atoms with Gasteiger partial charge in [-0.1, -0.05) is 19.1 Å². The van der Waals surface area contributed by atoms with Crippen LogP contribution in [0.15, 0.2) is 24.3 Å². The molecule has 0 spiro atoms. The van der Waals surface area contributed by atoms with Gasteiger partial charge in [0.15, 0.2) is 0 Å². The molecule has 0 amide bonds. The number of piperidine rings is 1. The van der Waals surface area contributed by atoms with Gasteiger partial charge in [-0.2, -0.15) is 0 Å². The van der Waals surface area contributed by atoms with Crippen LogP contribution in [0.4, 0.5) is 5.69 Å². The van der Waals surface area contributed by atoms with Crippen molar-refractivity contribution in [2.75, 3.05) is 38.7 Å². The van der Waals surface area contributed by atoms with E-state index in [9.17, 15) is 0 Å². The van der Waals surface area contributed by atoms with E-state index >= 15 is 0 Å². The Kier molecular flexibility index (Phi) is 5.72. The Bertz CT molecular complexity index is 402. The molecule has 2 rings (SSSR count). The molecule has 2 atom stereocenters. The van der Waals surface area contributed by atoms with E-state index in [1.807, 2.05) is 12.1 Å². The second-order valence-corrected chi connectivity index (χ2v) is 5.97. The summed E-state index contributed by atoms with van der Waals surface area (Å²) in [5.41, 5.74) is 1.18. The zero-order valence-corrected chi connectivity index (χ0v) is 13.1. The zero-order valence-electron chi connectivity index (χ0n) is 13.1. The molecule has 1 aliphatic heterocycles. The van der Waals surface area contributed by atoms with E-state index in [0.29, 0.717) is 0 Å². The molecule has 1 heterocycles. The largest absolute Gasteiger partial charge is 0.495 e. The quantitative estimate of drug-likeness (QED) is 0.864. The minimum absolute atomic E-state index is 0.778. The van der Waals surface area contributed by atoms with Crippen molar-refractivity contribution in [1.29, 1.82) is 0 Å². The Morgan fingerprint density at radius 2 is 2.20 bits per heavy atom. The molecule has 0 radical (unpaired) electrons. The fourth-order valence-corrected chi connectivity index (χ4v) is 3.06. The van der Waals surface area contributed by atoms with Gasteiger partial charge in [0, 0.05) is 13.6 Å². The third-order valence-electron chi connectivity index (χ3n) is 4.56. The lowest BCUT2D eigenvalue weighted by Crippen LogP contribution is -2.34. The van der Waals surface area contributed by atoms with Crippen LogP contribution in [0.5, 0.6) is 5.75 Å². The number of hydrogen-bond acceptors (Lipinski definition) is 3. The summed E-state index contributed by atoms with van der Waals surface area (Å²) in [6.07, 6.45) is 3.95. The fourth-order valence-electron chi connectivity index (χ4n) is 3.06. The monoisotopic (exact) mass is 276 g/mol. The lowest BCUT2D eigenvalue weighted by molar-refractivity contribution is 0.270.